The molecule has 1 fully saturated rings. The van der Waals surface area contributed by atoms with Crippen molar-refractivity contribution in [1.82, 2.24) is 24.8 Å². The number of pyridine rings is 2. The fourth-order valence-electron chi connectivity index (χ4n) is 4.89. The molecule has 0 saturated carbocycles. The summed E-state index contributed by atoms with van der Waals surface area (Å²) in [6.07, 6.45) is 5.44. The van der Waals surface area contributed by atoms with Crippen LogP contribution < -0.4 is 10.1 Å². The molecule has 1 N–H and O–H groups in total. The summed E-state index contributed by atoms with van der Waals surface area (Å²) < 4.78 is 7.86. The highest BCUT2D eigenvalue weighted by Gasteiger charge is 2.41. The van der Waals surface area contributed by atoms with Gasteiger partial charge in [-0.05, 0) is 85.7 Å². The minimum absolute atomic E-state index is 0.0595. The lowest BCUT2D eigenvalue weighted by molar-refractivity contribution is 0.310. The van der Waals surface area contributed by atoms with Crippen LogP contribution in [0.15, 0.2) is 73.2 Å². The van der Waals surface area contributed by atoms with Crippen molar-refractivity contribution in [1.29, 1.82) is 0 Å². The predicted molar refractivity (Wildman–Crippen MR) is 142 cm³/mol. The van der Waals surface area contributed by atoms with Crippen molar-refractivity contribution in [2.75, 3.05) is 7.11 Å². The van der Waals surface area contributed by atoms with Gasteiger partial charge in [-0.3, -0.25) is 9.97 Å². The highest BCUT2D eigenvalue weighted by molar-refractivity contribution is 7.80. The second-order valence-electron chi connectivity index (χ2n) is 8.59. The van der Waals surface area contributed by atoms with E-state index < -0.39 is 0 Å². The molecule has 0 amide bonds. The number of aromatic nitrogens is 3. The van der Waals surface area contributed by atoms with Crippen LogP contribution in [0.25, 0.3) is 5.69 Å². The lowest BCUT2D eigenvalue weighted by atomic mass is 9.96. The molecule has 0 unspecified atom stereocenters. The van der Waals surface area contributed by atoms with Gasteiger partial charge in [0.15, 0.2) is 5.11 Å². The van der Waals surface area contributed by atoms with Gasteiger partial charge in [-0.15, -0.1) is 0 Å². The van der Waals surface area contributed by atoms with Crippen LogP contribution in [-0.2, 0) is 6.54 Å². The molecule has 1 aliphatic heterocycles. The Kier molecular flexibility index (Phi) is 6.45. The number of nitrogens with one attached hydrogen (secondary N) is 1. The van der Waals surface area contributed by atoms with E-state index in [1.165, 1.54) is 5.56 Å². The average molecular weight is 504 g/mol. The van der Waals surface area contributed by atoms with Crippen molar-refractivity contribution >= 4 is 28.9 Å². The Morgan fingerprint density at radius 3 is 2.57 bits per heavy atom. The molecular formula is C27H26ClN5OS. The molecule has 4 heterocycles. The molecule has 8 heteroatoms. The van der Waals surface area contributed by atoms with Crippen LogP contribution in [0.4, 0.5) is 0 Å². The molecule has 0 spiro atoms. The monoisotopic (exact) mass is 503 g/mol. The summed E-state index contributed by atoms with van der Waals surface area (Å²) in [5, 5.41) is 4.90. The molecule has 0 bridgehead atoms. The smallest absolute Gasteiger partial charge is 0.170 e. The highest BCUT2D eigenvalue weighted by Crippen LogP contribution is 2.43. The molecule has 0 aliphatic carbocycles. The third-order valence-electron chi connectivity index (χ3n) is 6.47. The second kappa shape index (κ2) is 9.68. The van der Waals surface area contributed by atoms with Crippen molar-refractivity contribution in [2.24, 2.45) is 0 Å². The minimum Gasteiger partial charge on any atom is -0.495 e. The number of thiocarbonyl (C=S) groups is 1. The molecule has 1 aliphatic rings. The zero-order valence-corrected chi connectivity index (χ0v) is 21.3. The molecule has 3 aromatic heterocycles. The van der Waals surface area contributed by atoms with Crippen LogP contribution in [0.5, 0.6) is 5.75 Å². The van der Waals surface area contributed by atoms with Crippen molar-refractivity contribution in [3.05, 3.63) is 106 Å². The fraction of sp³-hybridized carbons (Fsp3) is 0.222. The summed E-state index contributed by atoms with van der Waals surface area (Å²) in [5.74, 6) is 0.762. The van der Waals surface area contributed by atoms with E-state index in [1.54, 1.807) is 7.11 Å². The van der Waals surface area contributed by atoms with Crippen molar-refractivity contribution in [3.63, 3.8) is 0 Å². The molecular weight excluding hydrogens is 478 g/mol. The molecule has 6 nitrogen and oxygen atoms in total. The van der Waals surface area contributed by atoms with Crippen LogP contribution >= 0.6 is 23.8 Å². The molecule has 0 radical (unpaired) electrons. The number of hydrogen-bond acceptors (Lipinski definition) is 4. The van der Waals surface area contributed by atoms with Gasteiger partial charge in [-0.25, -0.2) is 0 Å². The third kappa shape index (κ3) is 4.37. The van der Waals surface area contributed by atoms with Crippen LogP contribution in [0.2, 0.25) is 5.02 Å². The first-order valence-corrected chi connectivity index (χ1v) is 12.2. The maximum atomic E-state index is 6.38. The SMILES string of the molecule is COc1ccc(Cl)cc1-n1c(C)cc([C@H]2[C@H](c3ccccn3)NC(=S)N2Cc2ccncc2)c1C. The first kappa shape index (κ1) is 23.3. The van der Waals surface area contributed by atoms with Gasteiger partial charge in [0.25, 0.3) is 0 Å². The number of rotatable bonds is 6. The molecule has 1 saturated heterocycles. The van der Waals surface area contributed by atoms with E-state index in [9.17, 15) is 0 Å². The van der Waals surface area contributed by atoms with E-state index in [2.05, 4.69) is 44.7 Å². The van der Waals surface area contributed by atoms with Gasteiger partial charge in [-0.2, -0.15) is 0 Å². The number of halogens is 1. The molecule has 2 atom stereocenters. The van der Waals surface area contributed by atoms with Gasteiger partial charge in [0.2, 0.25) is 0 Å². The summed E-state index contributed by atoms with van der Waals surface area (Å²) >= 11 is 12.2. The summed E-state index contributed by atoms with van der Waals surface area (Å²) in [6.45, 7) is 4.89. The summed E-state index contributed by atoms with van der Waals surface area (Å²) in [7, 11) is 1.68. The van der Waals surface area contributed by atoms with Crippen molar-refractivity contribution in [3.8, 4) is 11.4 Å². The Labute approximate surface area is 215 Å². The minimum atomic E-state index is -0.0965. The second-order valence-corrected chi connectivity index (χ2v) is 9.41. The number of hydrogen-bond donors (Lipinski definition) is 1. The fourth-order valence-corrected chi connectivity index (χ4v) is 5.37. The number of nitrogens with zero attached hydrogens (tertiary/aromatic N) is 4. The van der Waals surface area contributed by atoms with Crippen LogP contribution in [0.1, 0.15) is 40.3 Å². The third-order valence-corrected chi connectivity index (χ3v) is 7.06. The Balaban J connectivity index is 1.65. The molecule has 178 valence electrons. The van der Waals surface area contributed by atoms with E-state index in [-0.39, 0.29) is 12.1 Å². The summed E-state index contributed by atoms with van der Waals surface area (Å²) in [4.78, 5) is 11.1. The lowest BCUT2D eigenvalue weighted by Crippen LogP contribution is -2.29. The Morgan fingerprint density at radius 1 is 1.06 bits per heavy atom. The summed E-state index contributed by atoms with van der Waals surface area (Å²) in [5.41, 5.74) is 6.34. The van der Waals surface area contributed by atoms with Crippen molar-refractivity contribution in [2.45, 2.75) is 32.5 Å². The van der Waals surface area contributed by atoms with E-state index in [4.69, 9.17) is 28.6 Å². The van der Waals surface area contributed by atoms with Gasteiger partial charge in [-0.1, -0.05) is 17.7 Å². The average Bonchev–Trinajstić information content (AvgIpc) is 3.35. The first-order chi connectivity index (χ1) is 17.0. The standard InChI is InChI=1S/C27H26ClN5OS/c1-17-14-21(18(2)33(17)23-15-20(28)7-8-24(23)34-3)26-25(22-6-4-5-11-30-22)31-27(35)32(26)16-19-9-12-29-13-10-19/h4-15,25-26H,16H2,1-3H3,(H,31,35)/t25-,26-/m0/s1. The van der Waals surface area contributed by atoms with Gasteiger partial charge in [0, 0.05) is 41.5 Å². The number of aryl methyl sites for hydroxylation is 1. The van der Waals surface area contributed by atoms with Gasteiger partial charge in [0.05, 0.1) is 30.6 Å². The van der Waals surface area contributed by atoms with Gasteiger partial charge in [0.1, 0.15) is 5.75 Å². The number of methoxy groups -OCH3 is 1. The lowest BCUT2D eigenvalue weighted by Gasteiger charge is -2.28. The Bertz CT molecular complexity index is 1360. The molecule has 5 rings (SSSR count). The normalized spacial score (nSPS) is 17.5. The van der Waals surface area contributed by atoms with E-state index in [0.29, 0.717) is 16.7 Å². The topological polar surface area (TPSA) is 55.2 Å². The highest BCUT2D eigenvalue weighted by atomic mass is 35.5. The van der Waals surface area contributed by atoms with E-state index in [1.807, 2.05) is 67.1 Å². The molecule has 35 heavy (non-hydrogen) atoms. The molecule has 1 aromatic carbocycles. The number of benzene rings is 1. The molecule has 4 aromatic rings. The van der Waals surface area contributed by atoms with Crippen LogP contribution in [0, 0.1) is 13.8 Å². The maximum absolute atomic E-state index is 6.38. The quantitative estimate of drug-likeness (QED) is 0.340. The zero-order valence-electron chi connectivity index (χ0n) is 19.8. The Hall–Kier alpha value is -3.42. The zero-order chi connectivity index (χ0) is 24.5. The Morgan fingerprint density at radius 2 is 1.86 bits per heavy atom. The number of ether oxygens (including phenoxy) is 1. The van der Waals surface area contributed by atoms with E-state index in [0.717, 1.165) is 34.1 Å². The maximum Gasteiger partial charge on any atom is 0.170 e. The first-order valence-electron chi connectivity index (χ1n) is 11.4. The predicted octanol–water partition coefficient (Wildman–Crippen LogP) is 5.72. The van der Waals surface area contributed by atoms with Gasteiger partial charge >= 0.3 is 0 Å². The van der Waals surface area contributed by atoms with E-state index >= 15 is 0 Å². The van der Waals surface area contributed by atoms with Gasteiger partial charge < -0.3 is 19.5 Å². The van der Waals surface area contributed by atoms with Crippen LogP contribution in [0.3, 0.4) is 0 Å². The van der Waals surface area contributed by atoms with Crippen molar-refractivity contribution < 1.29 is 4.74 Å². The largest absolute Gasteiger partial charge is 0.495 e. The summed E-state index contributed by atoms with van der Waals surface area (Å²) in [6, 6.07) is 17.8. The van der Waals surface area contributed by atoms with Crippen LogP contribution in [-0.4, -0.2) is 31.7 Å².